The quantitative estimate of drug-likeness (QED) is 0.908. The lowest BCUT2D eigenvalue weighted by Gasteiger charge is -2.23. The van der Waals surface area contributed by atoms with Crippen LogP contribution in [0, 0.1) is 17.8 Å². The number of rotatable bonds is 2. The summed E-state index contributed by atoms with van der Waals surface area (Å²) < 4.78 is 0. The molecule has 21 heavy (non-hydrogen) atoms. The van der Waals surface area contributed by atoms with Gasteiger partial charge in [-0.1, -0.05) is 31.0 Å². The van der Waals surface area contributed by atoms with Gasteiger partial charge in [-0.05, 0) is 36.3 Å². The van der Waals surface area contributed by atoms with Crippen LogP contribution in [0.5, 0.6) is 0 Å². The second-order valence-electron chi connectivity index (χ2n) is 6.53. The van der Waals surface area contributed by atoms with Crippen LogP contribution in [0.2, 0.25) is 0 Å². The van der Waals surface area contributed by atoms with Crippen LogP contribution in [0.25, 0.3) is 0 Å². The standard InChI is InChI=1S/C17H19NO3/c19-16(15-11-6-2-3-7-12(11)15)18-13-8-4-1-5-10(13)9-14(18)17(20)21/h1,4-5,8,11-12,14-15H,2-3,6-7,9H2,(H,20,21)/t11?,12?,14-,15?/m0/s1. The Labute approximate surface area is 123 Å². The van der Waals surface area contributed by atoms with E-state index in [9.17, 15) is 14.7 Å². The molecule has 2 aliphatic carbocycles. The summed E-state index contributed by atoms with van der Waals surface area (Å²) in [6.45, 7) is 0. The summed E-state index contributed by atoms with van der Waals surface area (Å²) in [5, 5.41) is 9.47. The first kappa shape index (κ1) is 12.9. The van der Waals surface area contributed by atoms with Crippen LogP contribution in [-0.2, 0) is 16.0 Å². The molecule has 0 spiro atoms. The number of hydrogen-bond acceptors (Lipinski definition) is 2. The van der Waals surface area contributed by atoms with Crippen LogP contribution in [0.4, 0.5) is 5.69 Å². The Morgan fingerprint density at radius 1 is 1.10 bits per heavy atom. The first-order valence-corrected chi connectivity index (χ1v) is 7.82. The zero-order valence-electron chi connectivity index (χ0n) is 11.9. The molecule has 1 aromatic rings. The van der Waals surface area contributed by atoms with Gasteiger partial charge in [0.25, 0.3) is 0 Å². The molecule has 1 aromatic carbocycles. The summed E-state index contributed by atoms with van der Waals surface area (Å²) in [6.07, 6.45) is 5.12. The van der Waals surface area contributed by atoms with Gasteiger partial charge in [-0.2, -0.15) is 0 Å². The second kappa shape index (κ2) is 4.58. The minimum absolute atomic E-state index is 0.0456. The van der Waals surface area contributed by atoms with E-state index in [1.54, 1.807) is 4.90 Å². The molecule has 2 unspecified atom stereocenters. The number of carbonyl (C=O) groups is 2. The van der Waals surface area contributed by atoms with Crippen molar-refractivity contribution in [3.8, 4) is 0 Å². The molecule has 0 radical (unpaired) electrons. The molecule has 1 N–H and O–H groups in total. The second-order valence-corrected chi connectivity index (χ2v) is 6.53. The number of anilines is 1. The highest BCUT2D eigenvalue weighted by Gasteiger charge is 2.57. The van der Waals surface area contributed by atoms with E-state index < -0.39 is 12.0 Å². The van der Waals surface area contributed by atoms with E-state index >= 15 is 0 Å². The van der Waals surface area contributed by atoms with Crippen LogP contribution in [0.15, 0.2) is 24.3 Å². The van der Waals surface area contributed by atoms with E-state index in [1.165, 1.54) is 12.8 Å². The zero-order chi connectivity index (χ0) is 14.6. The minimum atomic E-state index is -0.900. The topological polar surface area (TPSA) is 57.6 Å². The highest BCUT2D eigenvalue weighted by molar-refractivity contribution is 6.04. The van der Waals surface area contributed by atoms with Gasteiger partial charge < -0.3 is 5.11 Å². The maximum atomic E-state index is 12.9. The van der Waals surface area contributed by atoms with Gasteiger partial charge in [0.05, 0.1) is 0 Å². The van der Waals surface area contributed by atoms with Gasteiger partial charge in [0.1, 0.15) is 6.04 Å². The van der Waals surface area contributed by atoms with Gasteiger partial charge in [0.2, 0.25) is 5.91 Å². The van der Waals surface area contributed by atoms with E-state index in [4.69, 9.17) is 0 Å². The highest BCUT2D eigenvalue weighted by Crippen LogP contribution is 2.56. The lowest BCUT2D eigenvalue weighted by Crippen LogP contribution is -2.44. The fourth-order valence-corrected chi connectivity index (χ4v) is 4.38. The monoisotopic (exact) mass is 285 g/mol. The number of hydrogen-bond donors (Lipinski definition) is 1. The molecule has 0 aromatic heterocycles. The van der Waals surface area contributed by atoms with Crippen molar-refractivity contribution in [1.29, 1.82) is 0 Å². The van der Waals surface area contributed by atoms with Crippen LogP contribution < -0.4 is 4.90 Å². The maximum Gasteiger partial charge on any atom is 0.327 e. The average Bonchev–Trinajstić information content (AvgIpc) is 3.09. The Balaban J connectivity index is 1.65. The Hall–Kier alpha value is -1.84. The van der Waals surface area contributed by atoms with Crippen LogP contribution in [-0.4, -0.2) is 23.0 Å². The van der Waals surface area contributed by atoms with Crippen molar-refractivity contribution in [2.45, 2.75) is 38.1 Å². The van der Waals surface area contributed by atoms with E-state index in [0.29, 0.717) is 18.3 Å². The van der Waals surface area contributed by atoms with Crippen molar-refractivity contribution in [1.82, 2.24) is 0 Å². The molecule has 3 atom stereocenters. The summed E-state index contributed by atoms with van der Waals surface area (Å²) in [4.78, 5) is 26.0. The highest BCUT2D eigenvalue weighted by atomic mass is 16.4. The predicted octanol–water partition coefficient (Wildman–Crippen LogP) is 2.47. The molecule has 110 valence electrons. The number of benzene rings is 1. The van der Waals surface area contributed by atoms with Crippen LogP contribution in [0.1, 0.15) is 31.2 Å². The summed E-state index contributed by atoms with van der Waals surface area (Å²) in [5.41, 5.74) is 1.78. The Morgan fingerprint density at radius 3 is 2.43 bits per heavy atom. The van der Waals surface area contributed by atoms with E-state index in [0.717, 1.165) is 24.1 Å². The third-order valence-electron chi connectivity index (χ3n) is 5.44. The first-order chi connectivity index (χ1) is 10.2. The minimum Gasteiger partial charge on any atom is -0.480 e. The van der Waals surface area contributed by atoms with Gasteiger partial charge in [-0.3, -0.25) is 9.69 Å². The molecule has 4 heteroatoms. The Kier molecular flexibility index (Phi) is 2.81. The number of carbonyl (C=O) groups excluding carboxylic acids is 1. The van der Waals surface area contributed by atoms with Gasteiger partial charge in [-0.25, -0.2) is 4.79 Å². The van der Waals surface area contributed by atoms with Gasteiger partial charge >= 0.3 is 5.97 Å². The summed E-state index contributed by atoms with van der Waals surface area (Å²) in [7, 11) is 0. The molecule has 2 fully saturated rings. The molecule has 3 aliphatic rings. The number of carboxylic acid groups (broad SMARTS) is 1. The van der Waals surface area contributed by atoms with Crippen molar-refractivity contribution < 1.29 is 14.7 Å². The molecule has 4 rings (SSSR count). The third-order valence-corrected chi connectivity index (χ3v) is 5.44. The molecule has 2 saturated carbocycles. The van der Waals surface area contributed by atoms with E-state index in [-0.39, 0.29) is 11.8 Å². The third kappa shape index (κ3) is 1.88. The Morgan fingerprint density at radius 2 is 1.76 bits per heavy atom. The summed E-state index contributed by atoms with van der Waals surface area (Å²) in [5.74, 6) is 0.231. The van der Waals surface area contributed by atoms with Crippen molar-refractivity contribution >= 4 is 17.6 Å². The zero-order valence-corrected chi connectivity index (χ0v) is 11.9. The molecule has 4 nitrogen and oxygen atoms in total. The van der Waals surface area contributed by atoms with Crippen molar-refractivity contribution in [3.05, 3.63) is 29.8 Å². The number of amides is 1. The lowest BCUT2D eigenvalue weighted by molar-refractivity contribution is -0.140. The number of aliphatic carboxylic acids is 1. The molecule has 1 amide bonds. The molecule has 1 heterocycles. The van der Waals surface area contributed by atoms with Gasteiger partial charge in [0.15, 0.2) is 0 Å². The SMILES string of the molecule is O=C(O)[C@@H]1Cc2ccccc2N1C(=O)C1C2CCCCC21. The number of fused-ring (bicyclic) bond motifs is 2. The van der Waals surface area contributed by atoms with Gasteiger partial charge in [-0.15, -0.1) is 0 Å². The van der Waals surface area contributed by atoms with E-state index in [1.807, 2.05) is 24.3 Å². The number of para-hydroxylation sites is 1. The summed E-state index contributed by atoms with van der Waals surface area (Å²) >= 11 is 0. The Bertz CT molecular complexity index is 600. The molecular formula is C17H19NO3. The fourth-order valence-electron chi connectivity index (χ4n) is 4.38. The van der Waals surface area contributed by atoms with Crippen molar-refractivity contribution in [2.75, 3.05) is 4.90 Å². The first-order valence-electron chi connectivity index (χ1n) is 7.82. The maximum absolute atomic E-state index is 12.9. The molecule has 0 bridgehead atoms. The van der Waals surface area contributed by atoms with Crippen molar-refractivity contribution in [3.63, 3.8) is 0 Å². The summed E-state index contributed by atoms with van der Waals surface area (Å²) in [6, 6.07) is 6.87. The largest absolute Gasteiger partial charge is 0.480 e. The molecule has 1 aliphatic heterocycles. The number of nitrogens with zero attached hydrogens (tertiary/aromatic N) is 1. The molecular weight excluding hydrogens is 266 g/mol. The van der Waals surface area contributed by atoms with Gasteiger partial charge in [0, 0.05) is 18.0 Å². The smallest absolute Gasteiger partial charge is 0.327 e. The van der Waals surface area contributed by atoms with E-state index in [2.05, 4.69) is 0 Å². The average molecular weight is 285 g/mol. The lowest BCUT2D eigenvalue weighted by atomic mass is 10.0. The van der Waals surface area contributed by atoms with Crippen LogP contribution >= 0.6 is 0 Å². The fraction of sp³-hybridized carbons (Fsp3) is 0.529. The predicted molar refractivity (Wildman–Crippen MR) is 78.0 cm³/mol. The van der Waals surface area contributed by atoms with Crippen LogP contribution in [0.3, 0.4) is 0 Å². The normalized spacial score (nSPS) is 33.2. The molecule has 0 saturated heterocycles. The van der Waals surface area contributed by atoms with Crippen molar-refractivity contribution in [2.24, 2.45) is 17.8 Å². The number of carboxylic acids is 1.